The van der Waals surface area contributed by atoms with Crippen LogP contribution in [0.1, 0.15) is 96.8 Å². The molecule has 0 aromatic rings. The first-order valence-corrected chi connectivity index (χ1v) is 10.1. The van der Waals surface area contributed by atoms with Gasteiger partial charge in [-0.3, -0.25) is 4.79 Å². The molecule has 0 saturated carbocycles. The second-order valence-electron chi connectivity index (χ2n) is 6.32. The largest absolute Gasteiger partial charge is 0.466 e. The molecule has 0 saturated heterocycles. The molecule has 2 nitrogen and oxygen atoms in total. The van der Waals surface area contributed by atoms with Crippen molar-refractivity contribution in [2.24, 2.45) is 0 Å². The van der Waals surface area contributed by atoms with E-state index in [1.54, 1.807) is 0 Å². The Hall–Kier alpha value is -0.500. The molecule has 0 bridgehead atoms. The van der Waals surface area contributed by atoms with Crippen LogP contribution in [0.5, 0.6) is 0 Å². The summed E-state index contributed by atoms with van der Waals surface area (Å²) in [5.74, 6) is 0.581. The number of ether oxygens (including phenoxy) is 1. The zero-order chi connectivity index (χ0) is 17.0. The van der Waals surface area contributed by atoms with Gasteiger partial charge in [-0.15, -0.1) is 11.6 Å². The molecule has 0 unspecified atom stereocenters. The van der Waals surface area contributed by atoms with Crippen molar-refractivity contribution < 1.29 is 9.53 Å². The third kappa shape index (κ3) is 21.5. The second kappa shape index (κ2) is 19.5. The first-order valence-electron chi connectivity index (χ1n) is 9.61. The van der Waals surface area contributed by atoms with E-state index in [1.807, 2.05) is 0 Å². The summed E-state index contributed by atoms with van der Waals surface area (Å²) in [5.41, 5.74) is 0. The predicted octanol–water partition coefficient (Wildman–Crippen LogP) is 6.81. The van der Waals surface area contributed by atoms with Gasteiger partial charge in [-0.05, 0) is 25.7 Å². The number of carbonyl (C=O) groups excluding carboxylic acids is 1. The lowest BCUT2D eigenvalue weighted by Gasteiger charge is -2.03. The Bertz CT molecular complexity index is 277. The molecular weight excluding hydrogens is 308 g/mol. The minimum absolute atomic E-state index is 0.159. The van der Waals surface area contributed by atoms with Crippen LogP contribution in [0.3, 0.4) is 0 Å². The van der Waals surface area contributed by atoms with Crippen molar-refractivity contribution in [1.82, 2.24) is 0 Å². The van der Waals surface area contributed by atoms with Gasteiger partial charge < -0.3 is 4.74 Å². The van der Waals surface area contributed by atoms with Crippen LogP contribution in [0.25, 0.3) is 0 Å². The fourth-order valence-corrected chi connectivity index (χ4v) is 2.77. The maximum atomic E-state index is 10.6. The van der Waals surface area contributed by atoms with Crippen molar-refractivity contribution in [1.29, 1.82) is 0 Å². The van der Waals surface area contributed by atoms with Gasteiger partial charge in [0.1, 0.15) is 0 Å². The number of allylic oxidation sites excluding steroid dienone is 2. The van der Waals surface area contributed by atoms with Gasteiger partial charge in [0.15, 0.2) is 0 Å². The van der Waals surface area contributed by atoms with Gasteiger partial charge in [0.25, 0.3) is 0 Å². The van der Waals surface area contributed by atoms with E-state index in [-0.39, 0.29) is 5.97 Å². The summed E-state index contributed by atoms with van der Waals surface area (Å²) >= 11 is 5.62. The summed E-state index contributed by atoms with van der Waals surface area (Å²) < 4.78 is 4.92. The zero-order valence-corrected chi connectivity index (χ0v) is 15.9. The molecule has 0 heterocycles. The molecule has 23 heavy (non-hydrogen) atoms. The molecule has 0 radical (unpaired) electrons. The Morgan fingerprint density at radius 2 is 1.17 bits per heavy atom. The fourth-order valence-electron chi connectivity index (χ4n) is 2.65. The van der Waals surface area contributed by atoms with Crippen LogP contribution in [-0.4, -0.2) is 18.5 Å². The second-order valence-corrected chi connectivity index (χ2v) is 6.70. The van der Waals surface area contributed by atoms with Crippen molar-refractivity contribution >= 4 is 17.6 Å². The lowest BCUT2D eigenvalue weighted by molar-refractivity contribution is -0.141. The first kappa shape index (κ1) is 22.5. The van der Waals surface area contributed by atoms with E-state index in [4.69, 9.17) is 16.3 Å². The standard InChI is InChI=1S/C20H37ClO2/c1-20(22)23-19-17-15-13-11-9-7-5-3-2-4-6-8-10-12-14-16-18-21/h12,14H,2-11,13,15-19H2,1H3/b14-12-. The number of hydrogen-bond acceptors (Lipinski definition) is 2. The summed E-state index contributed by atoms with van der Waals surface area (Å²) in [6.07, 6.45) is 22.5. The highest BCUT2D eigenvalue weighted by Gasteiger charge is 1.95. The van der Waals surface area contributed by atoms with E-state index in [0.29, 0.717) is 6.61 Å². The van der Waals surface area contributed by atoms with Gasteiger partial charge >= 0.3 is 5.97 Å². The Morgan fingerprint density at radius 1 is 0.739 bits per heavy atom. The van der Waals surface area contributed by atoms with Gasteiger partial charge in [-0.2, -0.15) is 0 Å². The summed E-state index contributed by atoms with van der Waals surface area (Å²) in [4.78, 5) is 10.6. The molecular formula is C20H37ClO2. The number of esters is 1. The molecule has 0 N–H and O–H groups in total. The van der Waals surface area contributed by atoms with Crippen LogP contribution < -0.4 is 0 Å². The highest BCUT2D eigenvalue weighted by atomic mass is 35.5. The lowest BCUT2D eigenvalue weighted by atomic mass is 10.0. The zero-order valence-electron chi connectivity index (χ0n) is 15.2. The van der Waals surface area contributed by atoms with E-state index in [1.165, 1.54) is 84.0 Å². The van der Waals surface area contributed by atoms with Gasteiger partial charge in [0.2, 0.25) is 0 Å². The minimum atomic E-state index is -0.159. The Kier molecular flexibility index (Phi) is 19.1. The molecule has 0 fully saturated rings. The number of rotatable bonds is 17. The van der Waals surface area contributed by atoms with Crippen molar-refractivity contribution in [3.63, 3.8) is 0 Å². The number of unbranched alkanes of at least 4 members (excludes halogenated alkanes) is 12. The van der Waals surface area contributed by atoms with Gasteiger partial charge in [0.05, 0.1) is 6.61 Å². The minimum Gasteiger partial charge on any atom is -0.466 e. The summed E-state index contributed by atoms with van der Waals surface area (Å²) in [6, 6.07) is 0. The average Bonchev–Trinajstić information content (AvgIpc) is 2.53. The SMILES string of the molecule is CC(=O)OCCCCCCCCCCCCCC/C=C\CCCl. The topological polar surface area (TPSA) is 26.3 Å². The summed E-state index contributed by atoms with van der Waals surface area (Å²) in [6.45, 7) is 2.07. The lowest BCUT2D eigenvalue weighted by Crippen LogP contribution is -2.00. The van der Waals surface area contributed by atoms with E-state index < -0.39 is 0 Å². The molecule has 0 rings (SSSR count). The van der Waals surface area contributed by atoms with Crippen molar-refractivity contribution in [2.75, 3.05) is 12.5 Å². The average molecular weight is 345 g/mol. The van der Waals surface area contributed by atoms with E-state index >= 15 is 0 Å². The quantitative estimate of drug-likeness (QED) is 0.125. The smallest absolute Gasteiger partial charge is 0.302 e. The van der Waals surface area contributed by atoms with Crippen LogP contribution in [0.15, 0.2) is 12.2 Å². The maximum absolute atomic E-state index is 10.6. The Morgan fingerprint density at radius 3 is 1.65 bits per heavy atom. The van der Waals surface area contributed by atoms with Crippen LogP contribution in [0, 0.1) is 0 Å². The van der Waals surface area contributed by atoms with E-state index in [9.17, 15) is 4.79 Å². The molecule has 3 heteroatoms. The summed E-state index contributed by atoms with van der Waals surface area (Å²) in [7, 11) is 0. The normalized spacial score (nSPS) is 11.2. The highest BCUT2D eigenvalue weighted by molar-refractivity contribution is 6.17. The molecule has 0 aromatic heterocycles. The molecule has 0 aliphatic rings. The fraction of sp³-hybridized carbons (Fsp3) is 0.850. The first-order chi connectivity index (χ1) is 11.3. The predicted molar refractivity (Wildman–Crippen MR) is 101 cm³/mol. The number of halogens is 1. The Balaban J connectivity index is 3.01. The highest BCUT2D eigenvalue weighted by Crippen LogP contribution is 2.12. The van der Waals surface area contributed by atoms with E-state index in [0.717, 1.165) is 18.7 Å². The third-order valence-corrected chi connectivity index (χ3v) is 4.23. The molecule has 0 aliphatic heterocycles. The third-order valence-electron chi connectivity index (χ3n) is 4.01. The van der Waals surface area contributed by atoms with Crippen LogP contribution in [0.4, 0.5) is 0 Å². The van der Waals surface area contributed by atoms with Gasteiger partial charge in [-0.1, -0.05) is 76.4 Å². The molecule has 0 atom stereocenters. The number of alkyl halides is 1. The van der Waals surface area contributed by atoms with Crippen LogP contribution in [0.2, 0.25) is 0 Å². The number of hydrogen-bond donors (Lipinski definition) is 0. The number of carbonyl (C=O) groups is 1. The summed E-state index contributed by atoms with van der Waals surface area (Å²) in [5, 5.41) is 0. The van der Waals surface area contributed by atoms with Crippen molar-refractivity contribution in [2.45, 2.75) is 96.8 Å². The van der Waals surface area contributed by atoms with Crippen molar-refractivity contribution in [3.05, 3.63) is 12.2 Å². The van der Waals surface area contributed by atoms with E-state index in [2.05, 4.69) is 12.2 Å². The Labute approximate surface area is 149 Å². The molecule has 0 spiro atoms. The van der Waals surface area contributed by atoms with Crippen molar-refractivity contribution in [3.8, 4) is 0 Å². The van der Waals surface area contributed by atoms with Gasteiger partial charge in [0, 0.05) is 12.8 Å². The van der Waals surface area contributed by atoms with Crippen LogP contribution in [-0.2, 0) is 9.53 Å². The maximum Gasteiger partial charge on any atom is 0.302 e. The molecule has 0 aliphatic carbocycles. The molecule has 0 aromatic carbocycles. The van der Waals surface area contributed by atoms with Crippen LogP contribution >= 0.6 is 11.6 Å². The molecule has 136 valence electrons. The monoisotopic (exact) mass is 344 g/mol. The molecule has 0 amide bonds. The van der Waals surface area contributed by atoms with Gasteiger partial charge in [-0.25, -0.2) is 0 Å².